The minimum atomic E-state index is -2.96. The van der Waals surface area contributed by atoms with Crippen LogP contribution in [-0.4, -0.2) is 6.61 Å². The molecule has 13 heavy (non-hydrogen) atoms. The van der Waals surface area contributed by atoms with Crippen LogP contribution < -0.4 is 34.5 Å². The van der Waals surface area contributed by atoms with Gasteiger partial charge in [-0.3, -0.25) is 0 Å². The third-order valence-electron chi connectivity index (χ3n) is 1.98. The number of hydrogen-bond acceptors (Lipinski definition) is 3. The van der Waals surface area contributed by atoms with E-state index in [0.717, 1.165) is 25.7 Å². The van der Waals surface area contributed by atoms with E-state index in [1.54, 1.807) is 0 Å². The Morgan fingerprint density at radius 2 is 2.08 bits per heavy atom. The van der Waals surface area contributed by atoms with Gasteiger partial charge in [0.2, 0.25) is 0 Å². The largest absolute Gasteiger partial charge is 1.00 e. The van der Waals surface area contributed by atoms with Crippen LogP contribution in [0.1, 0.15) is 39.5 Å². The van der Waals surface area contributed by atoms with Crippen molar-refractivity contribution in [3.8, 4) is 0 Å². The average Bonchev–Trinajstić information content (AvgIpc) is 2.05. The Kier molecular flexibility index (Phi) is 14.3. The van der Waals surface area contributed by atoms with Gasteiger partial charge < -0.3 is 14.0 Å². The number of rotatable bonds is 7. The van der Waals surface area contributed by atoms with Gasteiger partial charge in [0, 0.05) is 0 Å². The molecule has 0 spiro atoms. The maximum absolute atomic E-state index is 10.1. The quantitative estimate of drug-likeness (QED) is 0.404. The minimum absolute atomic E-state index is 0. The molecule has 3 nitrogen and oxygen atoms in total. The Hall–Kier alpha value is 1.15. The summed E-state index contributed by atoms with van der Waals surface area (Å²) < 4.78 is 14.7. The summed E-state index contributed by atoms with van der Waals surface area (Å²) in [6, 6.07) is 0. The summed E-state index contributed by atoms with van der Waals surface area (Å²) in [5.41, 5.74) is 0. The van der Waals surface area contributed by atoms with E-state index in [1.807, 2.05) is 0 Å². The molecule has 0 aromatic rings. The van der Waals surface area contributed by atoms with Crippen molar-refractivity contribution < 1.29 is 43.5 Å². The van der Waals surface area contributed by atoms with Crippen molar-refractivity contribution in [3.63, 3.8) is 0 Å². The molecule has 0 heterocycles. The predicted molar refractivity (Wildman–Crippen MR) is 48.3 cm³/mol. The second-order valence-electron chi connectivity index (χ2n) is 2.98. The van der Waals surface area contributed by atoms with Crippen molar-refractivity contribution in [2.24, 2.45) is 5.92 Å². The molecule has 0 fully saturated rings. The fraction of sp³-hybridized carbons (Fsp3) is 1.00. The molecule has 0 rings (SSSR count). The molecule has 5 heteroatoms. The van der Waals surface area contributed by atoms with Gasteiger partial charge in [0.25, 0.3) is 0 Å². The molecule has 0 aliphatic rings. The summed E-state index contributed by atoms with van der Waals surface area (Å²) in [6.45, 7) is 4.56. The number of hydrogen-bond donors (Lipinski definition) is 0. The molecule has 0 aromatic heterocycles. The maximum atomic E-state index is 10.1. The number of unbranched alkanes of at least 4 members (excludes halogenated alkanes) is 1. The Morgan fingerprint density at radius 3 is 2.46 bits per heavy atom. The fourth-order valence-corrected chi connectivity index (χ4v) is 1.46. The summed E-state index contributed by atoms with van der Waals surface area (Å²) in [5.74, 6) is 0.410. The molecule has 0 bridgehead atoms. The molecule has 2 unspecified atom stereocenters. The Bertz CT molecular complexity index is 133. The second kappa shape index (κ2) is 11.2. The fourth-order valence-electron chi connectivity index (χ4n) is 1.08. The van der Waals surface area contributed by atoms with Crippen LogP contribution in [-0.2, 0) is 9.09 Å². The van der Waals surface area contributed by atoms with E-state index < -0.39 is 8.25 Å². The van der Waals surface area contributed by atoms with Gasteiger partial charge in [0.05, 0.1) is 6.61 Å². The zero-order valence-corrected chi connectivity index (χ0v) is 11.8. The summed E-state index contributed by atoms with van der Waals surface area (Å²) >= 11 is 0. The van der Waals surface area contributed by atoms with Gasteiger partial charge in [0.1, 0.15) is 8.25 Å². The van der Waals surface area contributed by atoms with Crippen LogP contribution in [0, 0.1) is 5.92 Å². The van der Waals surface area contributed by atoms with E-state index in [4.69, 9.17) is 0 Å². The molecule has 2 atom stereocenters. The van der Waals surface area contributed by atoms with Crippen LogP contribution in [0.15, 0.2) is 0 Å². The molecule has 0 N–H and O–H groups in total. The van der Waals surface area contributed by atoms with E-state index in [1.165, 1.54) is 0 Å². The van der Waals surface area contributed by atoms with Gasteiger partial charge in [0.15, 0.2) is 0 Å². The third kappa shape index (κ3) is 11.1. The molecule has 0 radical (unpaired) electrons. The van der Waals surface area contributed by atoms with Crippen molar-refractivity contribution in [2.75, 3.05) is 6.61 Å². The van der Waals surface area contributed by atoms with Gasteiger partial charge in [-0.25, -0.2) is 0 Å². The predicted octanol–water partition coefficient (Wildman–Crippen LogP) is -1.03. The van der Waals surface area contributed by atoms with E-state index in [-0.39, 0.29) is 29.6 Å². The van der Waals surface area contributed by atoms with E-state index >= 15 is 0 Å². The molecular weight excluding hydrogens is 198 g/mol. The molecule has 0 aliphatic heterocycles. The SMILES string of the molecule is CCCCC(CC)CO[PH](=O)[O-].[Na+]. The van der Waals surface area contributed by atoms with Gasteiger partial charge in [-0.15, -0.1) is 0 Å². The summed E-state index contributed by atoms with van der Waals surface area (Å²) in [4.78, 5) is 10.1. The average molecular weight is 216 g/mol. The summed E-state index contributed by atoms with van der Waals surface area (Å²) in [5, 5.41) is 0. The van der Waals surface area contributed by atoms with Crippen molar-refractivity contribution in [3.05, 3.63) is 0 Å². The molecule has 74 valence electrons. The van der Waals surface area contributed by atoms with Crippen LogP contribution in [0.2, 0.25) is 0 Å². The van der Waals surface area contributed by atoms with Crippen LogP contribution in [0.4, 0.5) is 0 Å². The normalized spacial score (nSPS) is 14.7. The smallest absolute Gasteiger partial charge is 0.781 e. The Labute approximate surface area is 103 Å². The van der Waals surface area contributed by atoms with Crippen molar-refractivity contribution >= 4 is 8.25 Å². The van der Waals surface area contributed by atoms with Gasteiger partial charge in [-0.2, -0.15) is 0 Å². The molecular formula is C8H18NaO3P. The van der Waals surface area contributed by atoms with Crippen molar-refractivity contribution in [1.29, 1.82) is 0 Å². The monoisotopic (exact) mass is 216 g/mol. The zero-order valence-electron chi connectivity index (χ0n) is 8.84. The van der Waals surface area contributed by atoms with Crippen molar-refractivity contribution in [1.82, 2.24) is 0 Å². The minimum Gasteiger partial charge on any atom is -0.781 e. The van der Waals surface area contributed by atoms with Gasteiger partial charge >= 0.3 is 29.6 Å². The van der Waals surface area contributed by atoms with Crippen molar-refractivity contribution in [2.45, 2.75) is 39.5 Å². The summed E-state index contributed by atoms with van der Waals surface area (Å²) in [6.07, 6.45) is 4.38. The second-order valence-corrected chi connectivity index (χ2v) is 3.77. The maximum Gasteiger partial charge on any atom is 1.00 e. The van der Waals surface area contributed by atoms with Crippen LogP contribution in [0.25, 0.3) is 0 Å². The van der Waals surface area contributed by atoms with E-state index in [9.17, 15) is 9.46 Å². The topological polar surface area (TPSA) is 49.4 Å². The first-order valence-electron chi connectivity index (χ1n) is 4.54. The molecule has 0 saturated heterocycles. The van der Waals surface area contributed by atoms with E-state index in [0.29, 0.717) is 12.5 Å². The van der Waals surface area contributed by atoms with Crippen LogP contribution >= 0.6 is 8.25 Å². The first kappa shape index (κ1) is 16.6. The molecule has 0 amide bonds. The Balaban J connectivity index is 0. The molecule has 0 saturated carbocycles. The standard InChI is InChI=1S/C8H19O3P.Na/c1-3-5-6-8(4-2)7-11-12(9)10;/h8,12H,3-7H2,1-2H3,(H,9,10);/q;+1/p-1. The Morgan fingerprint density at radius 1 is 1.46 bits per heavy atom. The van der Waals surface area contributed by atoms with Crippen LogP contribution in [0.5, 0.6) is 0 Å². The third-order valence-corrected chi connectivity index (χ3v) is 2.38. The first-order valence-corrected chi connectivity index (χ1v) is 5.76. The van der Waals surface area contributed by atoms with Gasteiger partial charge in [-0.1, -0.05) is 33.1 Å². The van der Waals surface area contributed by atoms with Gasteiger partial charge in [-0.05, 0) is 12.3 Å². The van der Waals surface area contributed by atoms with Crippen LogP contribution in [0.3, 0.4) is 0 Å². The summed E-state index contributed by atoms with van der Waals surface area (Å²) in [7, 11) is -2.96. The molecule has 0 aliphatic carbocycles. The first-order chi connectivity index (χ1) is 5.70. The molecule has 0 aromatic carbocycles. The van der Waals surface area contributed by atoms with E-state index in [2.05, 4.69) is 18.4 Å². The zero-order chi connectivity index (χ0) is 9.40.